The number of amides is 1. The lowest BCUT2D eigenvalue weighted by Crippen LogP contribution is -2.17. The van der Waals surface area contributed by atoms with E-state index in [0.717, 1.165) is 4.47 Å². The predicted molar refractivity (Wildman–Crippen MR) is 117 cm³/mol. The minimum Gasteiger partial charge on any atom is -0.497 e. The largest absolute Gasteiger partial charge is 0.497 e. The molecule has 0 radical (unpaired) electrons. The van der Waals surface area contributed by atoms with Crippen molar-refractivity contribution < 1.29 is 17.9 Å². The molecule has 29 heavy (non-hydrogen) atoms. The third-order valence-corrected chi connectivity index (χ3v) is 6.12. The lowest BCUT2D eigenvalue weighted by molar-refractivity contribution is 0.102. The Kier molecular flexibility index (Phi) is 6.24. The van der Waals surface area contributed by atoms with Gasteiger partial charge in [-0.2, -0.15) is 0 Å². The number of nitrogens with one attached hydrogen (secondary N) is 2. The zero-order chi connectivity index (χ0) is 21.0. The van der Waals surface area contributed by atoms with Gasteiger partial charge in [0.2, 0.25) is 0 Å². The lowest BCUT2D eigenvalue weighted by Gasteiger charge is -2.12. The van der Waals surface area contributed by atoms with E-state index < -0.39 is 10.0 Å². The Balaban J connectivity index is 1.84. The third-order valence-electron chi connectivity index (χ3n) is 4.21. The molecule has 1 amide bonds. The molecule has 3 aromatic carbocycles. The first kappa shape index (κ1) is 20.9. The highest BCUT2D eigenvalue weighted by Crippen LogP contribution is 2.22. The van der Waals surface area contributed by atoms with Crippen LogP contribution in [-0.4, -0.2) is 21.4 Å². The lowest BCUT2D eigenvalue weighted by atomic mass is 10.1. The molecule has 8 heteroatoms. The number of methoxy groups -OCH3 is 1. The first-order valence-corrected chi connectivity index (χ1v) is 10.9. The molecule has 0 aliphatic rings. The van der Waals surface area contributed by atoms with Crippen molar-refractivity contribution in [3.8, 4) is 5.75 Å². The van der Waals surface area contributed by atoms with Crippen LogP contribution in [0.3, 0.4) is 0 Å². The normalized spacial score (nSPS) is 11.0. The van der Waals surface area contributed by atoms with Crippen molar-refractivity contribution >= 4 is 43.2 Å². The molecule has 150 valence electrons. The Morgan fingerprint density at radius 3 is 2.17 bits per heavy atom. The second-order valence-corrected chi connectivity index (χ2v) is 8.87. The maximum absolute atomic E-state index is 12.8. The molecule has 0 saturated heterocycles. The fourth-order valence-corrected chi connectivity index (χ4v) is 3.97. The van der Waals surface area contributed by atoms with E-state index in [1.54, 1.807) is 49.4 Å². The van der Waals surface area contributed by atoms with E-state index in [4.69, 9.17) is 4.74 Å². The quantitative estimate of drug-likeness (QED) is 0.536. The number of aryl methyl sites for hydroxylation is 1. The van der Waals surface area contributed by atoms with Crippen molar-refractivity contribution in [3.05, 3.63) is 82.3 Å². The number of carbonyl (C=O) groups is 1. The van der Waals surface area contributed by atoms with E-state index in [1.165, 1.54) is 19.2 Å². The highest BCUT2D eigenvalue weighted by Gasteiger charge is 2.18. The van der Waals surface area contributed by atoms with E-state index in [-0.39, 0.29) is 16.4 Å². The average molecular weight is 475 g/mol. The summed E-state index contributed by atoms with van der Waals surface area (Å²) in [6.45, 7) is 1.75. The van der Waals surface area contributed by atoms with Crippen LogP contribution in [0.15, 0.2) is 76.1 Å². The van der Waals surface area contributed by atoms with Gasteiger partial charge in [-0.05, 0) is 73.2 Å². The van der Waals surface area contributed by atoms with Crippen LogP contribution in [0.1, 0.15) is 15.9 Å². The molecule has 0 unspecified atom stereocenters. The molecule has 0 aliphatic heterocycles. The van der Waals surface area contributed by atoms with E-state index in [1.807, 2.05) is 12.1 Å². The molecule has 0 heterocycles. The van der Waals surface area contributed by atoms with Crippen LogP contribution < -0.4 is 14.8 Å². The first-order chi connectivity index (χ1) is 13.8. The van der Waals surface area contributed by atoms with E-state index in [2.05, 4.69) is 26.0 Å². The molecule has 0 fully saturated rings. The molecule has 0 atom stereocenters. The van der Waals surface area contributed by atoms with Crippen LogP contribution in [0.25, 0.3) is 0 Å². The summed E-state index contributed by atoms with van der Waals surface area (Å²) in [5.74, 6) is 0.238. The minimum atomic E-state index is -3.86. The van der Waals surface area contributed by atoms with Gasteiger partial charge in [0.1, 0.15) is 5.75 Å². The van der Waals surface area contributed by atoms with Crippen LogP contribution in [0.2, 0.25) is 0 Å². The van der Waals surface area contributed by atoms with Crippen LogP contribution in [-0.2, 0) is 10.0 Å². The summed E-state index contributed by atoms with van der Waals surface area (Å²) < 4.78 is 34.0. The number of ether oxygens (including phenoxy) is 1. The van der Waals surface area contributed by atoms with Gasteiger partial charge in [0.05, 0.1) is 12.0 Å². The van der Waals surface area contributed by atoms with E-state index in [0.29, 0.717) is 22.7 Å². The monoisotopic (exact) mass is 474 g/mol. The van der Waals surface area contributed by atoms with Gasteiger partial charge in [-0.3, -0.25) is 9.52 Å². The van der Waals surface area contributed by atoms with Crippen LogP contribution in [0.4, 0.5) is 11.4 Å². The van der Waals surface area contributed by atoms with Gasteiger partial charge in [0.15, 0.2) is 0 Å². The highest BCUT2D eigenvalue weighted by molar-refractivity contribution is 9.10. The minimum absolute atomic E-state index is 0.000117. The third kappa shape index (κ3) is 5.16. The van der Waals surface area contributed by atoms with Crippen LogP contribution in [0.5, 0.6) is 5.75 Å². The zero-order valence-corrected chi connectivity index (χ0v) is 18.2. The maximum Gasteiger partial charge on any atom is 0.261 e. The summed E-state index contributed by atoms with van der Waals surface area (Å²) in [4.78, 5) is 12.7. The predicted octanol–water partition coefficient (Wildman–Crippen LogP) is 4.82. The fraction of sp³-hybridized carbons (Fsp3) is 0.0952. The van der Waals surface area contributed by atoms with E-state index >= 15 is 0 Å². The van der Waals surface area contributed by atoms with Gasteiger partial charge < -0.3 is 10.1 Å². The van der Waals surface area contributed by atoms with Gasteiger partial charge in [0, 0.05) is 21.4 Å². The Morgan fingerprint density at radius 2 is 1.55 bits per heavy atom. The van der Waals surface area contributed by atoms with Crippen molar-refractivity contribution in [2.75, 3.05) is 17.1 Å². The number of sulfonamides is 1. The Hall–Kier alpha value is -2.84. The molecular formula is C21H19BrN2O4S. The summed E-state index contributed by atoms with van der Waals surface area (Å²) in [6, 6.07) is 18.1. The summed E-state index contributed by atoms with van der Waals surface area (Å²) in [7, 11) is -2.33. The molecule has 0 spiro atoms. The van der Waals surface area contributed by atoms with Crippen molar-refractivity contribution in [2.24, 2.45) is 0 Å². The van der Waals surface area contributed by atoms with E-state index in [9.17, 15) is 13.2 Å². The van der Waals surface area contributed by atoms with Gasteiger partial charge >= 0.3 is 0 Å². The summed E-state index contributed by atoms with van der Waals surface area (Å²) in [5, 5.41) is 2.78. The number of anilines is 2. The van der Waals surface area contributed by atoms with Crippen LogP contribution >= 0.6 is 15.9 Å². The number of benzene rings is 3. The van der Waals surface area contributed by atoms with Crippen LogP contribution in [0, 0.1) is 6.92 Å². The molecule has 3 aromatic rings. The molecule has 0 saturated carbocycles. The average Bonchev–Trinajstić information content (AvgIpc) is 2.70. The molecule has 2 N–H and O–H groups in total. The van der Waals surface area contributed by atoms with Crippen molar-refractivity contribution in [3.63, 3.8) is 0 Å². The first-order valence-electron chi connectivity index (χ1n) is 8.63. The van der Waals surface area contributed by atoms with Crippen molar-refractivity contribution in [1.82, 2.24) is 0 Å². The van der Waals surface area contributed by atoms with Gasteiger partial charge in [-0.25, -0.2) is 8.42 Å². The van der Waals surface area contributed by atoms with Crippen molar-refractivity contribution in [2.45, 2.75) is 11.8 Å². The van der Waals surface area contributed by atoms with Crippen molar-refractivity contribution in [1.29, 1.82) is 0 Å². The molecule has 6 nitrogen and oxygen atoms in total. The summed E-state index contributed by atoms with van der Waals surface area (Å²) >= 11 is 3.34. The van der Waals surface area contributed by atoms with Gasteiger partial charge in [-0.15, -0.1) is 0 Å². The Morgan fingerprint density at radius 1 is 0.931 bits per heavy atom. The Labute approximate surface area is 178 Å². The molecule has 0 aliphatic carbocycles. The molecule has 0 bridgehead atoms. The number of hydrogen-bond donors (Lipinski definition) is 2. The van der Waals surface area contributed by atoms with Gasteiger partial charge in [-0.1, -0.05) is 22.0 Å². The van der Waals surface area contributed by atoms with Gasteiger partial charge in [0.25, 0.3) is 15.9 Å². The molecule has 0 aromatic heterocycles. The summed E-state index contributed by atoms with van der Waals surface area (Å²) in [5.41, 5.74) is 1.96. The zero-order valence-electron chi connectivity index (χ0n) is 15.8. The Bertz CT molecular complexity index is 1130. The SMILES string of the molecule is COc1ccc(NS(=O)(=O)c2ccc(C)c(C(=O)Nc3ccc(Br)cc3)c2)cc1. The number of carbonyl (C=O) groups excluding carboxylic acids is 1. The number of halogens is 1. The molecular weight excluding hydrogens is 456 g/mol. The summed E-state index contributed by atoms with van der Waals surface area (Å²) in [6.07, 6.45) is 0. The number of hydrogen-bond acceptors (Lipinski definition) is 4. The highest BCUT2D eigenvalue weighted by atomic mass is 79.9. The smallest absolute Gasteiger partial charge is 0.261 e. The second kappa shape index (κ2) is 8.67. The second-order valence-electron chi connectivity index (χ2n) is 6.27. The topological polar surface area (TPSA) is 84.5 Å². The number of rotatable bonds is 6. The molecule has 3 rings (SSSR count). The standard InChI is InChI=1S/C21H19BrN2O4S/c1-14-3-12-19(29(26,27)24-17-8-10-18(28-2)11-9-17)13-20(14)21(25)23-16-6-4-15(22)5-7-16/h3-13,24H,1-2H3,(H,23,25). The maximum atomic E-state index is 12.8. The fourth-order valence-electron chi connectivity index (χ4n) is 2.62.